The van der Waals surface area contributed by atoms with Gasteiger partial charge in [0.2, 0.25) is 5.91 Å². The summed E-state index contributed by atoms with van der Waals surface area (Å²) in [6.07, 6.45) is 0. The predicted molar refractivity (Wildman–Crippen MR) is 128 cm³/mol. The van der Waals surface area contributed by atoms with Crippen molar-refractivity contribution in [1.29, 1.82) is 0 Å². The number of benzene rings is 2. The third kappa shape index (κ3) is 4.75. The van der Waals surface area contributed by atoms with Crippen LogP contribution in [0.4, 0.5) is 5.82 Å². The number of carbonyl (C=O) groups excluding carboxylic acids is 1. The lowest BCUT2D eigenvalue weighted by Crippen LogP contribution is -2.27. The van der Waals surface area contributed by atoms with Crippen molar-refractivity contribution in [2.75, 3.05) is 11.1 Å². The molecule has 2 heterocycles. The number of rotatable bonds is 6. The van der Waals surface area contributed by atoms with Crippen molar-refractivity contribution in [1.82, 2.24) is 24.5 Å². The van der Waals surface area contributed by atoms with Gasteiger partial charge in [-0.15, -0.1) is 10.2 Å². The predicted octanol–water partition coefficient (Wildman–Crippen LogP) is 4.93. The number of nitrogens with one attached hydrogen (secondary N) is 1. The van der Waals surface area contributed by atoms with Gasteiger partial charge >= 0.3 is 0 Å². The highest BCUT2D eigenvalue weighted by Gasteiger charge is 2.21. The van der Waals surface area contributed by atoms with E-state index in [0.717, 1.165) is 22.8 Å². The van der Waals surface area contributed by atoms with Gasteiger partial charge in [-0.1, -0.05) is 60.3 Å². The van der Waals surface area contributed by atoms with E-state index in [-0.39, 0.29) is 17.2 Å². The van der Waals surface area contributed by atoms with E-state index >= 15 is 0 Å². The topological polar surface area (TPSA) is 77.6 Å². The SMILES string of the molecule is Cc1cc(NC(=O)CSc2nnc(-c3ccccc3)n2-c2ccccc2)n(C(C)(C)C)n1. The first kappa shape index (κ1) is 21.8. The monoisotopic (exact) mass is 446 g/mol. The second-order valence-corrected chi connectivity index (χ2v) is 9.38. The second kappa shape index (κ2) is 9.00. The fourth-order valence-corrected chi connectivity index (χ4v) is 4.11. The van der Waals surface area contributed by atoms with Crippen molar-refractivity contribution < 1.29 is 4.79 Å². The zero-order chi connectivity index (χ0) is 22.7. The molecule has 164 valence electrons. The fourth-order valence-electron chi connectivity index (χ4n) is 3.36. The zero-order valence-electron chi connectivity index (χ0n) is 18.6. The Morgan fingerprint density at radius 2 is 1.66 bits per heavy atom. The van der Waals surface area contributed by atoms with E-state index in [4.69, 9.17) is 0 Å². The highest BCUT2D eigenvalue weighted by atomic mass is 32.2. The van der Waals surface area contributed by atoms with Crippen LogP contribution in [0.1, 0.15) is 26.5 Å². The quantitative estimate of drug-likeness (QED) is 0.425. The Hall–Kier alpha value is -3.39. The van der Waals surface area contributed by atoms with Crippen molar-refractivity contribution in [3.8, 4) is 17.1 Å². The Bertz CT molecular complexity index is 1210. The molecule has 4 aromatic rings. The van der Waals surface area contributed by atoms with Crippen molar-refractivity contribution in [2.24, 2.45) is 0 Å². The minimum atomic E-state index is -0.234. The van der Waals surface area contributed by atoms with Gasteiger partial charge in [0.1, 0.15) is 5.82 Å². The molecule has 0 radical (unpaired) electrons. The third-order valence-corrected chi connectivity index (χ3v) is 5.68. The summed E-state index contributed by atoms with van der Waals surface area (Å²) in [5.74, 6) is 1.51. The van der Waals surface area contributed by atoms with Crippen LogP contribution < -0.4 is 5.32 Å². The van der Waals surface area contributed by atoms with Crippen molar-refractivity contribution in [3.63, 3.8) is 0 Å². The van der Waals surface area contributed by atoms with E-state index in [9.17, 15) is 4.79 Å². The number of aromatic nitrogens is 5. The molecule has 0 aliphatic carbocycles. The molecule has 7 nitrogen and oxygen atoms in total. The molecule has 0 saturated heterocycles. The van der Waals surface area contributed by atoms with Gasteiger partial charge in [0, 0.05) is 17.3 Å². The number of carbonyl (C=O) groups is 1. The van der Waals surface area contributed by atoms with Gasteiger partial charge in [0.05, 0.1) is 17.0 Å². The van der Waals surface area contributed by atoms with E-state index in [1.165, 1.54) is 11.8 Å². The lowest BCUT2D eigenvalue weighted by molar-refractivity contribution is -0.113. The van der Waals surface area contributed by atoms with Crippen LogP contribution in [0.5, 0.6) is 0 Å². The van der Waals surface area contributed by atoms with Crippen LogP contribution in [0.3, 0.4) is 0 Å². The summed E-state index contributed by atoms with van der Waals surface area (Å²) in [7, 11) is 0. The number of aryl methyl sites for hydroxylation is 1. The number of nitrogens with zero attached hydrogens (tertiary/aromatic N) is 5. The molecular formula is C24H26N6OS. The Labute approximate surface area is 191 Å². The van der Waals surface area contributed by atoms with Crippen LogP contribution in [0.25, 0.3) is 17.1 Å². The smallest absolute Gasteiger partial charge is 0.235 e. The minimum absolute atomic E-state index is 0.121. The van der Waals surface area contributed by atoms with Gasteiger partial charge in [-0.3, -0.25) is 9.36 Å². The Morgan fingerprint density at radius 1 is 1.00 bits per heavy atom. The minimum Gasteiger partial charge on any atom is -0.310 e. The summed E-state index contributed by atoms with van der Waals surface area (Å²) in [6.45, 7) is 8.08. The number of hydrogen-bond donors (Lipinski definition) is 1. The Kier molecular flexibility index (Phi) is 6.14. The summed E-state index contributed by atoms with van der Waals surface area (Å²) >= 11 is 1.35. The maximum atomic E-state index is 12.8. The second-order valence-electron chi connectivity index (χ2n) is 8.43. The van der Waals surface area contributed by atoms with E-state index in [2.05, 4.69) is 41.4 Å². The van der Waals surface area contributed by atoms with Crippen molar-refractivity contribution in [2.45, 2.75) is 38.4 Å². The molecule has 0 bridgehead atoms. The largest absolute Gasteiger partial charge is 0.310 e. The van der Waals surface area contributed by atoms with Crippen LogP contribution in [-0.4, -0.2) is 36.2 Å². The first-order chi connectivity index (χ1) is 15.3. The molecule has 0 spiro atoms. The maximum Gasteiger partial charge on any atom is 0.235 e. The standard InChI is InChI=1S/C24H26N6OS/c1-17-15-20(30(28-17)24(2,3)4)25-21(31)16-32-23-27-26-22(18-11-7-5-8-12-18)29(23)19-13-9-6-10-14-19/h5-15H,16H2,1-4H3,(H,25,31). The lowest BCUT2D eigenvalue weighted by atomic mass is 10.1. The maximum absolute atomic E-state index is 12.8. The zero-order valence-corrected chi connectivity index (χ0v) is 19.4. The number of thioether (sulfide) groups is 1. The van der Waals surface area contributed by atoms with E-state index in [1.807, 2.05) is 82.9 Å². The molecule has 0 aliphatic rings. The van der Waals surface area contributed by atoms with Gasteiger partial charge in [-0.25, -0.2) is 4.68 Å². The van der Waals surface area contributed by atoms with E-state index in [1.54, 1.807) is 0 Å². The number of anilines is 1. The number of para-hydroxylation sites is 1. The molecule has 8 heteroatoms. The van der Waals surface area contributed by atoms with Crippen molar-refractivity contribution in [3.05, 3.63) is 72.4 Å². The summed E-state index contributed by atoms with van der Waals surface area (Å²) < 4.78 is 3.82. The average molecular weight is 447 g/mol. The van der Waals surface area contributed by atoms with Gasteiger partial charge in [-0.05, 0) is 39.8 Å². The summed E-state index contributed by atoms with van der Waals surface area (Å²) in [5.41, 5.74) is 2.53. The molecule has 0 atom stereocenters. The number of amides is 1. The first-order valence-corrected chi connectivity index (χ1v) is 11.4. The molecule has 0 aliphatic heterocycles. The Balaban J connectivity index is 1.57. The fraction of sp³-hybridized carbons (Fsp3) is 0.250. The van der Waals surface area contributed by atoms with Crippen LogP contribution in [0.2, 0.25) is 0 Å². The normalized spacial score (nSPS) is 11.5. The Morgan fingerprint density at radius 3 is 2.31 bits per heavy atom. The molecule has 2 aromatic carbocycles. The summed E-state index contributed by atoms with van der Waals surface area (Å²) in [5, 5.41) is 17.0. The molecule has 2 aromatic heterocycles. The highest BCUT2D eigenvalue weighted by molar-refractivity contribution is 7.99. The van der Waals surface area contributed by atoms with Crippen LogP contribution in [0.15, 0.2) is 71.9 Å². The molecular weight excluding hydrogens is 420 g/mol. The third-order valence-electron chi connectivity index (χ3n) is 4.75. The van der Waals surface area contributed by atoms with E-state index < -0.39 is 0 Å². The first-order valence-electron chi connectivity index (χ1n) is 10.4. The molecule has 1 amide bonds. The van der Waals surface area contributed by atoms with E-state index in [0.29, 0.717) is 11.0 Å². The molecule has 0 fully saturated rings. The van der Waals surface area contributed by atoms with Crippen LogP contribution in [-0.2, 0) is 10.3 Å². The molecule has 1 N–H and O–H groups in total. The van der Waals surface area contributed by atoms with Gasteiger partial charge in [0.25, 0.3) is 0 Å². The van der Waals surface area contributed by atoms with Crippen LogP contribution >= 0.6 is 11.8 Å². The summed E-state index contributed by atoms with van der Waals surface area (Å²) in [4.78, 5) is 12.8. The number of hydrogen-bond acceptors (Lipinski definition) is 5. The van der Waals surface area contributed by atoms with Crippen molar-refractivity contribution >= 4 is 23.5 Å². The van der Waals surface area contributed by atoms with Gasteiger partial charge < -0.3 is 5.32 Å². The van der Waals surface area contributed by atoms with Gasteiger partial charge in [0.15, 0.2) is 11.0 Å². The van der Waals surface area contributed by atoms with Crippen LogP contribution in [0, 0.1) is 6.92 Å². The highest BCUT2D eigenvalue weighted by Crippen LogP contribution is 2.28. The summed E-state index contributed by atoms with van der Waals surface area (Å²) in [6, 6.07) is 21.7. The molecule has 0 unspecified atom stereocenters. The molecule has 0 saturated carbocycles. The average Bonchev–Trinajstić information content (AvgIpc) is 3.36. The lowest BCUT2D eigenvalue weighted by Gasteiger charge is -2.22. The molecule has 32 heavy (non-hydrogen) atoms. The molecule has 4 rings (SSSR count). The van der Waals surface area contributed by atoms with Gasteiger partial charge in [-0.2, -0.15) is 5.10 Å².